The van der Waals surface area contributed by atoms with E-state index in [1.165, 1.54) is 5.56 Å². The van der Waals surface area contributed by atoms with Crippen molar-refractivity contribution in [3.8, 4) is 5.75 Å². The average Bonchev–Trinajstić information content (AvgIpc) is 2.27. The van der Waals surface area contributed by atoms with E-state index >= 15 is 0 Å². The van der Waals surface area contributed by atoms with Crippen molar-refractivity contribution in [2.24, 2.45) is 5.84 Å². The first kappa shape index (κ1) is 14.4. The molecule has 0 spiro atoms. The number of methoxy groups -OCH3 is 1. The lowest BCUT2D eigenvalue weighted by Gasteiger charge is -2.20. The van der Waals surface area contributed by atoms with E-state index < -0.39 is 0 Å². The Hall–Kier alpha value is -0.620. The van der Waals surface area contributed by atoms with Crippen LogP contribution in [0.15, 0.2) is 22.7 Å². The van der Waals surface area contributed by atoms with Crippen LogP contribution < -0.4 is 16.0 Å². The lowest BCUT2D eigenvalue weighted by atomic mass is 10.1. The van der Waals surface area contributed by atoms with Crippen LogP contribution in [0.1, 0.15) is 5.56 Å². The van der Waals surface area contributed by atoms with Gasteiger partial charge in [0.25, 0.3) is 0 Å². The summed E-state index contributed by atoms with van der Waals surface area (Å²) in [6, 6.07) is 6.33. The summed E-state index contributed by atoms with van der Waals surface area (Å²) < 4.78 is 6.17. The number of likely N-dealkylation sites (N-methyl/N-ethyl adjacent to an activating group) is 1. The van der Waals surface area contributed by atoms with Gasteiger partial charge in [0.05, 0.1) is 11.6 Å². The standard InChI is InChI=1S/C12H20BrN3O/c1-16(2)8-10(15-14)6-9-4-5-12(17-3)11(13)7-9/h4-5,7,10,15H,6,8,14H2,1-3H3. The summed E-state index contributed by atoms with van der Waals surface area (Å²) in [7, 11) is 5.73. The van der Waals surface area contributed by atoms with Crippen molar-refractivity contribution in [3.05, 3.63) is 28.2 Å². The molecule has 1 atom stereocenters. The van der Waals surface area contributed by atoms with Crippen LogP contribution in [-0.4, -0.2) is 38.7 Å². The molecule has 0 amide bonds. The number of halogens is 1. The van der Waals surface area contributed by atoms with Crippen LogP contribution in [0, 0.1) is 0 Å². The minimum atomic E-state index is 0.241. The van der Waals surface area contributed by atoms with Gasteiger partial charge in [-0.1, -0.05) is 6.07 Å². The summed E-state index contributed by atoms with van der Waals surface area (Å²) in [5, 5.41) is 0. The van der Waals surface area contributed by atoms with Crippen molar-refractivity contribution in [1.29, 1.82) is 0 Å². The first-order valence-corrected chi connectivity index (χ1v) is 6.29. The highest BCUT2D eigenvalue weighted by Gasteiger charge is 2.10. The third-order valence-electron chi connectivity index (χ3n) is 2.52. The summed E-state index contributed by atoms with van der Waals surface area (Å²) in [5.41, 5.74) is 4.07. The Morgan fingerprint density at radius 3 is 2.65 bits per heavy atom. The van der Waals surface area contributed by atoms with Crippen LogP contribution in [0.4, 0.5) is 0 Å². The molecule has 0 bridgehead atoms. The zero-order chi connectivity index (χ0) is 12.8. The molecule has 0 radical (unpaired) electrons. The molecule has 0 saturated carbocycles. The second-order valence-corrected chi connectivity index (χ2v) is 5.15. The maximum Gasteiger partial charge on any atom is 0.133 e. The number of hydrogen-bond acceptors (Lipinski definition) is 4. The van der Waals surface area contributed by atoms with Gasteiger partial charge < -0.3 is 9.64 Å². The van der Waals surface area contributed by atoms with E-state index in [4.69, 9.17) is 10.6 Å². The number of nitrogens with two attached hydrogens (primary N) is 1. The van der Waals surface area contributed by atoms with Crippen LogP contribution in [0.25, 0.3) is 0 Å². The van der Waals surface area contributed by atoms with Crippen LogP contribution in [0.2, 0.25) is 0 Å². The molecule has 0 aliphatic carbocycles. The molecule has 4 nitrogen and oxygen atoms in total. The van der Waals surface area contributed by atoms with E-state index in [9.17, 15) is 0 Å². The Morgan fingerprint density at radius 1 is 1.47 bits per heavy atom. The van der Waals surface area contributed by atoms with Crippen LogP contribution in [0.5, 0.6) is 5.75 Å². The Labute approximate surface area is 111 Å². The molecule has 5 heteroatoms. The molecule has 1 rings (SSSR count). The Bertz CT molecular complexity index is 358. The number of hydrogen-bond donors (Lipinski definition) is 2. The van der Waals surface area contributed by atoms with Crippen LogP contribution in [0.3, 0.4) is 0 Å². The van der Waals surface area contributed by atoms with Crippen LogP contribution >= 0.6 is 15.9 Å². The lowest BCUT2D eigenvalue weighted by Crippen LogP contribution is -2.43. The van der Waals surface area contributed by atoms with Gasteiger partial charge in [0, 0.05) is 12.6 Å². The molecule has 1 aromatic rings. The minimum Gasteiger partial charge on any atom is -0.496 e. The minimum absolute atomic E-state index is 0.241. The van der Waals surface area contributed by atoms with Gasteiger partial charge in [-0.25, -0.2) is 0 Å². The predicted octanol–water partition coefficient (Wildman–Crippen LogP) is 1.39. The monoisotopic (exact) mass is 301 g/mol. The van der Waals surface area contributed by atoms with Gasteiger partial charge in [-0.2, -0.15) is 0 Å². The van der Waals surface area contributed by atoms with E-state index in [1.807, 2.05) is 20.2 Å². The maximum atomic E-state index is 5.55. The number of hydrazine groups is 1. The highest BCUT2D eigenvalue weighted by Crippen LogP contribution is 2.25. The first-order valence-electron chi connectivity index (χ1n) is 5.50. The van der Waals surface area contributed by atoms with Crippen molar-refractivity contribution in [3.63, 3.8) is 0 Å². The molecule has 0 saturated heterocycles. The van der Waals surface area contributed by atoms with E-state index in [0.717, 1.165) is 23.2 Å². The van der Waals surface area contributed by atoms with E-state index in [2.05, 4.69) is 38.4 Å². The molecule has 1 unspecified atom stereocenters. The predicted molar refractivity (Wildman–Crippen MR) is 74.1 cm³/mol. The zero-order valence-electron chi connectivity index (χ0n) is 10.5. The molecule has 96 valence electrons. The zero-order valence-corrected chi connectivity index (χ0v) is 12.1. The summed E-state index contributed by atoms with van der Waals surface area (Å²) in [5.74, 6) is 6.40. The van der Waals surface area contributed by atoms with Gasteiger partial charge in [-0.15, -0.1) is 0 Å². The van der Waals surface area contributed by atoms with Gasteiger partial charge in [0.2, 0.25) is 0 Å². The summed E-state index contributed by atoms with van der Waals surface area (Å²) >= 11 is 3.48. The van der Waals surface area contributed by atoms with Gasteiger partial charge in [-0.3, -0.25) is 11.3 Å². The lowest BCUT2D eigenvalue weighted by molar-refractivity contribution is 0.338. The van der Waals surface area contributed by atoms with Crippen molar-refractivity contribution < 1.29 is 4.74 Å². The topological polar surface area (TPSA) is 50.5 Å². The Kier molecular flexibility index (Phi) is 5.91. The molecule has 0 aliphatic heterocycles. The Balaban J connectivity index is 2.69. The van der Waals surface area contributed by atoms with Gasteiger partial charge in [-0.05, 0) is 54.1 Å². The third kappa shape index (κ3) is 4.63. The number of nitrogens with one attached hydrogen (secondary N) is 1. The highest BCUT2D eigenvalue weighted by molar-refractivity contribution is 9.10. The molecular weight excluding hydrogens is 282 g/mol. The number of benzene rings is 1. The largest absolute Gasteiger partial charge is 0.496 e. The highest BCUT2D eigenvalue weighted by atomic mass is 79.9. The molecule has 17 heavy (non-hydrogen) atoms. The first-order chi connectivity index (χ1) is 8.06. The van der Waals surface area contributed by atoms with Crippen LogP contribution in [-0.2, 0) is 6.42 Å². The Morgan fingerprint density at radius 2 is 2.18 bits per heavy atom. The third-order valence-corrected chi connectivity index (χ3v) is 3.14. The number of rotatable bonds is 6. The fourth-order valence-electron chi connectivity index (χ4n) is 1.74. The summed E-state index contributed by atoms with van der Waals surface area (Å²) in [6.45, 7) is 0.903. The van der Waals surface area contributed by atoms with E-state index in [1.54, 1.807) is 7.11 Å². The number of ether oxygens (including phenoxy) is 1. The fourth-order valence-corrected chi connectivity index (χ4v) is 2.33. The summed E-state index contributed by atoms with van der Waals surface area (Å²) in [6.07, 6.45) is 0.886. The second kappa shape index (κ2) is 6.96. The summed E-state index contributed by atoms with van der Waals surface area (Å²) in [4.78, 5) is 2.11. The molecule has 1 aromatic carbocycles. The smallest absolute Gasteiger partial charge is 0.133 e. The van der Waals surface area contributed by atoms with Crippen molar-refractivity contribution >= 4 is 15.9 Å². The van der Waals surface area contributed by atoms with Gasteiger partial charge in [0.1, 0.15) is 5.75 Å². The normalized spacial score (nSPS) is 12.8. The SMILES string of the molecule is COc1ccc(CC(CN(C)C)NN)cc1Br. The number of nitrogens with zero attached hydrogens (tertiary/aromatic N) is 1. The van der Waals surface area contributed by atoms with Crippen molar-refractivity contribution in [2.75, 3.05) is 27.7 Å². The average molecular weight is 302 g/mol. The second-order valence-electron chi connectivity index (χ2n) is 4.30. The molecular formula is C12H20BrN3O. The van der Waals surface area contributed by atoms with E-state index in [0.29, 0.717) is 0 Å². The van der Waals surface area contributed by atoms with Gasteiger partial charge in [0.15, 0.2) is 0 Å². The fraction of sp³-hybridized carbons (Fsp3) is 0.500. The molecule has 0 fully saturated rings. The van der Waals surface area contributed by atoms with Gasteiger partial charge >= 0.3 is 0 Å². The van der Waals surface area contributed by atoms with Crippen molar-refractivity contribution in [1.82, 2.24) is 10.3 Å². The van der Waals surface area contributed by atoms with E-state index in [-0.39, 0.29) is 6.04 Å². The maximum absolute atomic E-state index is 5.55. The molecule has 3 N–H and O–H groups in total. The molecule has 0 aliphatic rings. The molecule has 0 aromatic heterocycles. The van der Waals surface area contributed by atoms with Crippen molar-refractivity contribution in [2.45, 2.75) is 12.5 Å². The quantitative estimate of drug-likeness (QED) is 0.616. The molecule has 0 heterocycles.